The number of rotatable bonds is 5. The first-order valence-corrected chi connectivity index (χ1v) is 6.90. The molecular weight excluding hydrogens is 268 g/mol. The zero-order valence-corrected chi connectivity index (χ0v) is 11.6. The number of benzene rings is 1. The van der Waals surface area contributed by atoms with E-state index >= 15 is 0 Å². The Kier molecular flexibility index (Phi) is 4.66. The number of hydrazine groups is 1. The van der Waals surface area contributed by atoms with E-state index in [-0.39, 0.29) is 6.04 Å². The van der Waals surface area contributed by atoms with E-state index < -0.39 is 0 Å². The van der Waals surface area contributed by atoms with Crippen molar-refractivity contribution < 1.29 is 0 Å². The van der Waals surface area contributed by atoms with E-state index in [9.17, 15) is 0 Å². The van der Waals surface area contributed by atoms with E-state index in [1.807, 2.05) is 43.6 Å². The number of halogens is 1. The van der Waals surface area contributed by atoms with Gasteiger partial charge < -0.3 is 0 Å². The molecule has 1 unspecified atom stereocenters. The minimum Gasteiger partial charge on any atom is -0.275 e. The molecule has 0 aliphatic rings. The molecule has 3 N–H and O–H groups in total. The van der Waals surface area contributed by atoms with Crippen LogP contribution in [-0.4, -0.2) is 15.5 Å². The predicted molar refractivity (Wildman–Crippen MR) is 75.4 cm³/mol. The van der Waals surface area contributed by atoms with Gasteiger partial charge in [-0.3, -0.25) is 16.0 Å². The molecule has 96 valence electrons. The van der Waals surface area contributed by atoms with Crippen LogP contribution >= 0.6 is 23.4 Å². The van der Waals surface area contributed by atoms with Crippen molar-refractivity contribution in [3.8, 4) is 0 Å². The zero-order valence-electron chi connectivity index (χ0n) is 10.0. The molecule has 0 fully saturated rings. The van der Waals surface area contributed by atoms with Crippen LogP contribution in [0, 0.1) is 0 Å². The predicted octanol–water partition coefficient (Wildman–Crippen LogP) is 2.37. The van der Waals surface area contributed by atoms with Crippen molar-refractivity contribution in [3.63, 3.8) is 0 Å². The number of nitrogens with one attached hydrogen (secondary N) is 1. The molecule has 1 aromatic heterocycles. The van der Waals surface area contributed by atoms with E-state index in [0.717, 1.165) is 21.4 Å². The molecule has 0 radical (unpaired) electrons. The zero-order chi connectivity index (χ0) is 13.0. The van der Waals surface area contributed by atoms with Crippen LogP contribution in [0.25, 0.3) is 0 Å². The number of hydrogen-bond acceptors (Lipinski definition) is 4. The molecular formula is C12H15ClN4S. The fraction of sp³-hybridized carbons (Fsp3) is 0.250. The number of nitrogens with zero attached hydrogens (tertiary/aromatic N) is 2. The minimum atomic E-state index is 0.00692. The second-order valence-electron chi connectivity index (χ2n) is 3.87. The first kappa shape index (κ1) is 13.4. The maximum atomic E-state index is 6.11. The van der Waals surface area contributed by atoms with Crippen molar-refractivity contribution in [1.82, 2.24) is 15.2 Å². The highest BCUT2D eigenvalue weighted by molar-refractivity contribution is 7.99. The summed E-state index contributed by atoms with van der Waals surface area (Å²) in [5.74, 6) is 6.35. The maximum absolute atomic E-state index is 6.11. The third-order valence-electron chi connectivity index (χ3n) is 2.53. The summed E-state index contributed by atoms with van der Waals surface area (Å²) in [7, 11) is 1.89. The molecule has 0 bridgehead atoms. The van der Waals surface area contributed by atoms with Gasteiger partial charge in [0.15, 0.2) is 0 Å². The van der Waals surface area contributed by atoms with Gasteiger partial charge in [0, 0.05) is 23.9 Å². The number of nitrogens with two attached hydrogens (primary N) is 1. The van der Waals surface area contributed by atoms with Gasteiger partial charge in [-0.05, 0) is 18.2 Å². The van der Waals surface area contributed by atoms with E-state index in [1.165, 1.54) is 0 Å². The third kappa shape index (κ3) is 3.26. The van der Waals surface area contributed by atoms with Gasteiger partial charge in [0.1, 0.15) is 0 Å². The van der Waals surface area contributed by atoms with Crippen molar-refractivity contribution in [3.05, 3.63) is 47.2 Å². The molecule has 1 atom stereocenters. The van der Waals surface area contributed by atoms with Crippen molar-refractivity contribution in [1.29, 1.82) is 0 Å². The number of hydrogen-bond donors (Lipinski definition) is 2. The van der Waals surface area contributed by atoms with Gasteiger partial charge in [-0.15, -0.1) is 11.8 Å². The normalized spacial score (nSPS) is 12.6. The lowest BCUT2D eigenvalue weighted by molar-refractivity contribution is 0.581. The highest BCUT2D eigenvalue weighted by atomic mass is 35.5. The van der Waals surface area contributed by atoms with E-state index in [2.05, 4.69) is 10.5 Å². The molecule has 2 rings (SSSR count). The summed E-state index contributed by atoms with van der Waals surface area (Å²) in [4.78, 5) is 1.05. The number of aromatic nitrogens is 2. The van der Waals surface area contributed by atoms with Crippen LogP contribution in [0.5, 0.6) is 0 Å². The molecule has 0 aliphatic heterocycles. The Balaban J connectivity index is 2.02. The Morgan fingerprint density at radius 3 is 2.83 bits per heavy atom. The van der Waals surface area contributed by atoms with Gasteiger partial charge in [0.05, 0.1) is 16.8 Å². The van der Waals surface area contributed by atoms with Gasteiger partial charge in [0.2, 0.25) is 0 Å². The lowest BCUT2D eigenvalue weighted by atomic mass is 10.2. The minimum absolute atomic E-state index is 0.00692. The Labute approximate surface area is 115 Å². The molecule has 0 saturated carbocycles. The first-order valence-electron chi connectivity index (χ1n) is 5.53. The van der Waals surface area contributed by atoms with Crippen LogP contribution in [-0.2, 0) is 7.05 Å². The van der Waals surface area contributed by atoms with E-state index in [0.29, 0.717) is 0 Å². The second-order valence-corrected chi connectivity index (χ2v) is 5.34. The second kappa shape index (κ2) is 6.24. The van der Waals surface area contributed by atoms with E-state index in [1.54, 1.807) is 16.4 Å². The summed E-state index contributed by atoms with van der Waals surface area (Å²) >= 11 is 7.77. The number of aryl methyl sites for hydroxylation is 1. The van der Waals surface area contributed by atoms with Crippen LogP contribution in [0.4, 0.5) is 0 Å². The lowest BCUT2D eigenvalue weighted by Gasteiger charge is -2.13. The van der Waals surface area contributed by atoms with Crippen molar-refractivity contribution in [2.45, 2.75) is 10.9 Å². The first-order chi connectivity index (χ1) is 8.70. The van der Waals surface area contributed by atoms with Crippen molar-refractivity contribution in [2.75, 3.05) is 5.75 Å². The largest absolute Gasteiger partial charge is 0.275 e. The van der Waals surface area contributed by atoms with Crippen LogP contribution in [0.3, 0.4) is 0 Å². The Bertz CT molecular complexity index is 514. The van der Waals surface area contributed by atoms with Gasteiger partial charge in [-0.1, -0.05) is 23.7 Å². The lowest BCUT2D eigenvalue weighted by Crippen LogP contribution is -2.30. The fourth-order valence-electron chi connectivity index (χ4n) is 1.57. The molecule has 6 heteroatoms. The molecule has 4 nitrogen and oxygen atoms in total. The molecule has 18 heavy (non-hydrogen) atoms. The van der Waals surface area contributed by atoms with Gasteiger partial charge in [0.25, 0.3) is 0 Å². The summed E-state index contributed by atoms with van der Waals surface area (Å²) in [5.41, 5.74) is 3.71. The number of thioether (sulfide) groups is 1. The summed E-state index contributed by atoms with van der Waals surface area (Å²) in [6, 6.07) is 9.74. The Morgan fingerprint density at radius 1 is 1.44 bits per heavy atom. The summed E-state index contributed by atoms with van der Waals surface area (Å²) in [5, 5.41) is 5.11. The summed E-state index contributed by atoms with van der Waals surface area (Å²) in [6.07, 6.45) is 1.90. The highest BCUT2D eigenvalue weighted by Crippen LogP contribution is 2.29. The van der Waals surface area contributed by atoms with Crippen molar-refractivity contribution in [2.24, 2.45) is 12.9 Å². The van der Waals surface area contributed by atoms with Gasteiger partial charge >= 0.3 is 0 Å². The SMILES string of the molecule is Cn1ccc(C(CSc2ccccc2Cl)NN)n1. The molecule has 0 amide bonds. The Hall–Kier alpha value is -1.01. The molecule has 0 saturated heterocycles. The molecule has 1 heterocycles. The van der Waals surface area contributed by atoms with Crippen LogP contribution in [0.1, 0.15) is 11.7 Å². The highest BCUT2D eigenvalue weighted by Gasteiger charge is 2.13. The van der Waals surface area contributed by atoms with E-state index in [4.69, 9.17) is 17.4 Å². The maximum Gasteiger partial charge on any atom is 0.0815 e. The monoisotopic (exact) mass is 282 g/mol. The van der Waals surface area contributed by atoms with Crippen molar-refractivity contribution >= 4 is 23.4 Å². The average molecular weight is 283 g/mol. The smallest absolute Gasteiger partial charge is 0.0815 e. The summed E-state index contributed by atoms with van der Waals surface area (Å²) in [6.45, 7) is 0. The van der Waals surface area contributed by atoms with Crippen LogP contribution < -0.4 is 11.3 Å². The molecule has 0 spiro atoms. The third-order valence-corrected chi connectivity index (χ3v) is 4.14. The van der Waals surface area contributed by atoms with Crippen LogP contribution in [0.15, 0.2) is 41.4 Å². The van der Waals surface area contributed by atoms with Gasteiger partial charge in [-0.25, -0.2) is 0 Å². The molecule has 0 aliphatic carbocycles. The fourth-order valence-corrected chi connectivity index (χ4v) is 2.87. The van der Waals surface area contributed by atoms with Crippen LogP contribution in [0.2, 0.25) is 5.02 Å². The molecule has 1 aromatic carbocycles. The summed E-state index contributed by atoms with van der Waals surface area (Å²) < 4.78 is 1.76. The molecule has 2 aromatic rings. The standard InChI is InChI=1S/C12H15ClN4S/c1-17-7-6-10(16-17)11(15-14)8-18-12-5-3-2-4-9(12)13/h2-7,11,15H,8,14H2,1H3. The van der Waals surface area contributed by atoms with Gasteiger partial charge in [-0.2, -0.15) is 5.10 Å². The Morgan fingerprint density at radius 2 is 2.22 bits per heavy atom. The topological polar surface area (TPSA) is 55.9 Å². The quantitative estimate of drug-likeness (QED) is 0.502. The average Bonchev–Trinajstić information content (AvgIpc) is 2.79.